The van der Waals surface area contributed by atoms with Gasteiger partial charge in [-0.25, -0.2) is 8.42 Å². The van der Waals surface area contributed by atoms with E-state index >= 15 is 0 Å². The quantitative estimate of drug-likeness (QED) is 0.865. The lowest BCUT2D eigenvalue weighted by molar-refractivity contribution is 0.388. The molecule has 1 fully saturated rings. The Morgan fingerprint density at radius 2 is 2.05 bits per heavy atom. The maximum atomic E-state index is 12.7. The average molecular weight is 282 g/mol. The molecule has 2 rings (SSSR count). The molecule has 19 heavy (non-hydrogen) atoms. The SMILES string of the molecule is Cc1cccc(N)c1S(=O)(=O)N1CCC(C(C)C)C1. The highest BCUT2D eigenvalue weighted by molar-refractivity contribution is 7.89. The summed E-state index contributed by atoms with van der Waals surface area (Å²) in [5.74, 6) is 0.953. The Hall–Kier alpha value is -1.07. The smallest absolute Gasteiger partial charge is 0.245 e. The van der Waals surface area contributed by atoms with Crippen molar-refractivity contribution >= 4 is 15.7 Å². The van der Waals surface area contributed by atoms with E-state index in [2.05, 4.69) is 13.8 Å². The second kappa shape index (κ2) is 5.13. The summed E-state index contributed by atoms with van der Waals surface area (Å²) in [7, 11) is -3.46. The molecule has 1 aliphatic heterocycles. The van der Waals surface area contributed by atoms with E-state index in [1.807, 2.05) is 0 Å². The third-order valence-electron chi connectivity index (χ3n) is 3.97. The van der Waals surface area contributed by atoms with Crippen molar-refractivity contribution in [3.05, 3.63) is 23.8 Å². The highest BCUT2D eigenvalue weighted by Crippen LogP contribution is 2.32. The Kier molecular flexibility index (Phi) is 3.87. The fraction of sp³-hybridized carbons (Fsp3) is 0.571. The Morgan fingerprint density at radius 1 is 1.37 bits per heavy atom. The highest BCUT2D eigenvalue weighted by atomic mass is 32.2. The topological polar surface area (TPSA) is 63.4 Å². The second-order valence-corrected chi connectivity index (χ2v) is 7.52. The van der Waals surface area contributed by atoms with Crippen LogP contribution in [0.15, 0.2) is 23.1 Å². The molecular weight excluding hydrogens is 260 g/mol. The summed E-state index contributed by atoms with van der Waals surface area (Å²) in [5, 5.41) is 0. The van der Waals surface area contributed by atoms with Crippen molar-refractivity contribution in [1.82, 2.24) is 4.31 Å². The zero-order valence-electron chi connectivity index (χ0n) is 11.8. The van der Waals surface area contributed by atoms with Crippen LogP contribution in [0.5, 0.6) is 0 Å². The monoisotopic (exact) mass is 282 g/mol. The van der Waals surface area contributed by atoms with Crippen LogP contribution < -0.4 is 5.73 Å². The number of sulfonamides is 1. The lowest BCUT2D eigenvalue weighted by atomic mass is 9.96. The number of anilines is 1. The van der Waals surface area contributed by atoms with Crippen LogP contribution in [0.2, 0.25) is 0 Å². The van der Waals surface area contributed by atoms with Gasteiger partial charge in [-0.2, -0.15) is 4.31 Å². The number of nitrogen functional groups attached to an aromatic ring is 1. The predicted molar refractivity (Wildman–Crippen MR) is 77.3 cm³/mol. The van der Waals surface area contributed by atoms with Gasteiger partial charge in [-0.15, -0.1) is 0 Å². The van der Waals surface area contributed by atoms with Crippen molar-refractivity contribution in [1.29, 1.82) is 0 Å². The molecule has 0 amide bonds. The number of aryl methyl sites for hydroxylation is 1. The fourth-order valence-electron chi connectivity index (χ4n) is 2.67. The molecular formula is C14H22N2O2S. The second-order valence-electron chi connectivity index (χ2n) is 5.65. The Bertz CT molecular complexity index is 547. The van der Waals surface area contributed by atoms with Crippen LogP contribution in [-0.4, -0.2) is 25.8 Å². The first-order chi connectivity index (χ1) is 8.84. The van der Waals surface area contributed by atoms with Gasteiger partial charge in [-0.1, -0.05) is 26.0 Å². The zero-order chi connectivity index (χ0) is 14.2. The van der Waals surface area contributed by atoms with Crippen LogP contribution in [0.25, 0.3) is 0 Å². The van der Waals surface area contributed by atoms with Gasteiger partial charge in [-0.05, 0) is 36.8 Å². The number of hydrogen-bond acceptors (Lipinski definition) is 3. The van der Waals surface area contributed by atoms with Crippen LogP contribution in [0.1, 0.15) is 25.8 Å². The van der Waals surface area contributed by atoms with Gasteiger partial charge in [0, 0.05) is 13.1 Å². The summed E-state index contributed by atoms with van der Waals surface area (Å²) >= 11 is 0. The summed E-state index contributed by atoms with van der Waals surface area (Å²) in [6.07, 6.45) is 0.933. The lowest BCUT2D eigenvalue weighted by Gasteiger charge is -2.20. The van der Waals surface area contributed by atoms with Crippen LogP contribution in [-0.2, 0) is 10.0 Å². The fourth-order valence-corrected chi connectivity index (χ4v) is 4.51. The number of nitrogens with zero attached hydrogens (tertiary/aromatic N) is 1. The van der Waals surface area contributed by atoms with E-state index in [4.69, 9.17) is 5.73 Å². The first-order valence-corrected chi connectivity index (χ1v) is 8.13. The van der Waals surface area contributed by atoms with Crippen LogP contribution in [0.3, 0.4) is 0 Å². The molecule has 2 N–H and O–H groups in total. The summed E-state index contributed by atoms with van der Waals surface area (Å²) in [4.78, 5) is 0.277. The van der Waals surface area contributed by atoms with Crippen molar-refractivity contribution in [2.75, 3.05) is 18.8 Å². The molecule has 1 heterocycles. The van der Waals surface area contributed by atoms with Gasteiger partial charge in [0.1, 0.15) is 4.90 Å². The Morgan fingerprint density at radius 3 is 2.58 bits per heavy atom. The molecule has 1 aromatic rings. The van der Waals surface area contributed by atoms with Gasteiger partial charge in [0.25, 0.3) is 0 Å². The van der Waals surface area contributed by atoms with Crippen LogP contribution in [0.4, 0.5) is 5.69 Å². The van der Waals surface area contributed by atoms with E-state index in [0.29, 0.717) is 36.2 Å². The van der Waals surface area contributed by atoms with Gasteiger partial charge in [0.05, 0.1) is 5.69 Å². The van der Waals surface area contributed by atoms with Crippen molar-refractivity contribution < 1.29 is 8.42 Å². The van der Waals surface area contributed by atoms with Gasteiger partial charge in [-0.3, -0.25) is 0 Å². The van der Waals surface area contributed by atoms with Crippen molar-refractivity contribution in [2.45, 2.75) is 32.1 Å². The molecule has 1 atom stereocenters. The minimum atomic E-state index is -3.46. The minimum Gasteiger partial charge on any atom is -0.398 e. The molecule has 0 spiro atoms. The Balaban J connectivity index is 2.34. The van der Waals surface area contributed by atoms with E-state index < -0.39 is 10.0 Å². The zero-order valence-corrected chi connectivity index (χ0v) is 12.6. The van der Waals surface area contributed by atoms with Crippen molar-refractivity contribution in [2.24, 2.45) is 11.8 Å². The summed E-state index contributed by atoms with van der Waals surface area (Å²) in [6.45, 7) is 7.28. The maximum absolute atomic E-state index is 12.7. The Labute approximate surface area is 115 Å². The van der Waals surface area contributed by atoms with E-state index in [-0.39, 0.29) is 4.90 Å². The number of nitrogens with two attached hydrogens (primary N) is 1. The van der Waals surface area contributed by atoms with Crippen LogP contribution >= 0.6 is 0 Å². The normalized spacial score (nSPS) is 21.2. The number of rotatable bonds is 3. The third kappa shape index (κ3) is 2.62. The molecule has 0 saturated carbocycles. The highest BCUT2D eigenvalue weighted by Gasteiger charge is 2.35. The van der Waals surface area contributed by atoms with Crippen LogP contribution in [0, 0.1) is 18.8 Å². The first kappa shape index (κ1) is 14.3. The number of hydrogen-bond donors (Lipinski definition) is 1. The number of benzene rings is 1. The summed E-state index contributed by atoms with van der Waals surface area (Å²) < 4.78 is 27.0. The summed E-state index contributed by atoms with van der Waals surface area (Å²) in [5.41, 5.74) is 6.92. The van der Waals surface area contributed by atoms with E-state index in [0.717, 1.165) is 6.42 Å². The molecule has 0 radical (unpaired) electrons. The van der Waals surface area contributed by atoms with Crippen molar-refractivity contribution in [3.63, 3.8) is 0 Å². The van der Waals surface area contributed by atoms with Gasteiger partial charge < -0.3 is 5.73 Å². The molecule has 5 heteroatoms. The minimum absolute atomic E-state index is 0.277. The van der Waals surface area contributed by atoms with Gasteiger partial charge in [0.2, 0.25) is 10.0 Å². The molecule has 106 valence electrons. The maximum Gasteiger partial charge on any atom is 0.245 e. The molecule has 1 unspecified atom stereocenters. The predicted octanol–water partition coefficient (Wildman–Crippen LogP) is 2.24. The average Bonchev–Trinajstić information content (AvgIpc) is 2.78. The molecule has 1 aliphatic rings. The largest absolute Gasteiger partial charge is 0.398 e. The van der Waals surface area contributed by atoms with Gasteiger partial charge >= 0.3 is 0 Å². The molecule has 4 nitrogen and oxygen atoms in total. The molecule has 0 aromatic heterocycles. The lowest BCUT2D eigenvalue weighted by Crippen LogP contribution is -2.30. The van der Waals surface area contributed by atoms with E-state index in [1.54, 1.807) is 29.4 Å². The van der Waals surface area contributed by atoms with Gasteiger partial charge in [0.15, 0.2) is 0 Å². The third-order valence-corrected chi connectivity index (χ3v) is 6.06. The molecule has 0 bridgehead atoms. The summed E-state index contributed by atoms with van der Waals surface area (Å²) in [6, 6.07) is 5.22. The first-order valence-electron chi connectivity index (χ1n) is 6.69. The molecule has 1 aromatic carbocycles. The molecule has 0 aliphatic carbocycles. The molecule has 1 saturated heterocycles. The van der Waals surface area contributed by atoms with E-state index in [1.165, 1.54) is 0 Å². The van der Waals surface area contributed by atoms with Crippen molar-refractivity contribution in [3.8, 4) is 0 Å². The van der Waals surface area contributed by atoms with E-state index in [9.17, 15) is 8.42 Å². The standard InChI is InChI=1S/C14H22N2O2S/c1-10(2)12-7-8-16(9-12)19(17,18)14-11(3)5-4-6-13(14)15/h4-6,10,12H,7-9,15H2,1-3H3.